The highest BCUT2D eigenvalue weighted by molar-refractivity contribution is 6.07. The second-order valence-electron chi connectivity index (χ2n) is 5.01. The van der Waals surface area contributed by atoms with Gasteiger partial charge in [0.05, 0.1) is 19.1 Å². The molecule has 0 aromatic heterocycles. The van der Waals surface area contributed by atoms with E-state index < -0.39 is 0 Å². The van der Waals surface area contributed by atoms with E-state index in [1.54, 1.807) is 31.4 Å². The average molecular weight is 306 g/mol. The van der Waals surface area contributed by atoms with E-state index in [1.165, 1.54) is 0 Å². The number of ether oxygens (including phenoxy) is 1. The lowest BCUT2D eigenvalue weighted by atomic mass is 10.0. The molecule has 0 aliphatic rings. The van der Waals surface area contributed by atoms with Crippen molar-refractivity contribution in [3.05, 3.63) is 65.7 Å². The zero-order valence-electron chi connectivity index (χ0n) is 13.0. The molecular weight excluding hydrogens is 288 g/mol. The molecule has 0 bridgehead atoms. The van der Waals surface area contributed by atoms with Crippen LogP contribution in [0, 0.1) is 11.8 Å². The van der Waals surface area contributed by atoms with Crippen molar-refractivity contribution in [2.75, 3.05) is 7.11 Å². The predicted octanol–water partition coefficient (Wildman–Crippen LogP) is 3.67. The molecule has 0 saturated heterocycles. The first-order chi connectivity index (χ1) is 11.2. The zero-order chi connectivity index (χ0) is 16.5. The summed E-state index contributed by atoms with van der Waals surface area (Å²) >= 11 is 0. The maximum atomic E-state index is 11.9. The molecule has 0 heterocycles. The van der Waals surface area contributed by atoms with Crippen LogP contribution < -0.4 is 4.74 Å². The highest BCUT2D eigenvalue weighted by atomic mass is 16.5. The highest BCUT2D eigenvalue weighted by Gasteiger charge is 2.10. The lowest BCUT2D eigenvalue weighted by Gasteiger charge is -2.01. The molecule has 0 saturated carbocycles. The molecule has 0 fully saturated rings. The van der Waals surface area contributed by atoms with Gasteiger partial charge < -0.3 is 4.74 Å². The number of carbonyl (C=O) groups excluding carboxylic acids is 2. The number of carbonyl (C=O) groups is 2. The second kappa shape index (κ2) is 8.55. The van der Waals surface area contributed by atoms with Crippen LogP contribution in [-0.4, -0.2) is 18.7 Å². The van der Waals surface area contributed by atoms with E-state index in [4.69, 9.17) is 4.74 Å². The Labute approximate surface area is 136 Å². The number of para-hydroxylation sites is 1. The van der Waals surface area contributed by atoms with Gasteiger partial charge in [-0.15, -0.1) is 0 Å². The number of Topliss-reactive ketones (excluding diaryl/α,β-unsaturated/α-hetero) is 2. The third kappa shape index (κ3) is 5.12. The highest BCUT2D eigenvalue weighted by Crippen LogP contribution is 2.15. The van der Waals surface area contributed by atoms with Crippen molar-refractivity contribution in [1.29, 1.82) is 0 Å². The van der Waals surface area contributed by atoms with Gasteiger partial charge >= 0.3 is 0 Å². The van der Waals surface area contributed by atoms with Crippen LogP contribution in [0.2, 0.25) is 0 Å². The van der Waals surface area contributed by atoms with Gasteiger partial charge in [0, 0.05) is 18.4 Å². The molecular formula is C20H18O3. The molecule has 2 aromatic rings. The van der Waals surface area contributed by atoms with Crippen molar-refractivity contribution in [3.63, 3.8) is 0 Å². The molecule has 3 heteroatoms. The summed E-state index contributed by atoms with van der Waals surface area (Å²) in [5.41, 5.74) is 1.36. The van der Waals surface area contributed by atoms with Gasteiger partial charge in [-0.3, -0.25) is 9.59 Å². The fourth-order valence-corrected chi connectivity index (χ4v) is 2.10. The van der Waals surface area contributed by atoms with E-state index in [1.807, 2.05) is 30.3 Å². The van der Waals surface area contributed by atoms with Gasteiger partial charge in [-0.25, -0.2) is 0 Å². The monoisotopic (exact) mass is 306 g/mol. The maximum Gasteiger partial charge on any atom is 0.170 e. The summed E-state index contributed by atoms with van der Waals surface area (Å²) < 4.78 is 5.21. The molecule has 3 nitrogen and oxygen atoms in total. The summed E-state index contributed by atoms with van der Waals surface area (Å²) in [7, 11) is 1.60. The van der Waals surface area contributed by atoms with Crippen LogP contribution in [0.4, 0.5) is 0 Å². The SMILES string of the molecule is COc1ccccc1C#CCCC(=O)CC(=O)c1ccccc1. The van der Waals surface area contributed by atoms with Crippen molar-refractivity contribution in [1.82, 2.24) is 0 Å². The Hall–Kier alpha value is -2.86. The minimum Gasteiger partial charge on any atom is -0.495 e. The van der Waals surface area contributed by atoms with Crippen molar-refractivity contribution in [2.24, 2.45) is 0 Å². The largest absolute Gasteiger partial charge is 0.495 e. The summed E-state index contributed by atoms with van der Waals surface area (Å²) in [6, 6.07) is 16.3. The van der Waals surface area contributed by atoms with Gasteiger partial charge in [-0.05, 0) is 12.1 Å². The van der Waals surface area contributed by atoms with Gasteiger partial charge in [0.2, 0.25) is 0 Å². The van der Waals surface area contributed by atoms with Crippen molar-refractivity contribution >= 4 is 11.6 Å². The third-order valence-electron chi connectivity index (χ3n) is 3.31. The van der Waals surface area contributed by atoms with E-state index in [0.29, 0.717) is 17.7 Å². The Morgan fingerprint density at radius 3 is 2.43 bits per heavy atom. The zero-order valence-corrected chi connectivity index (χ0v) is 13.0. The molecule has 0 radical (unpaired) electrons. The van der Waals surface area contributed by atoms with Crippen molar-refractivity contribution in [3.8, 4) is 17.6 Å². The number of rotatable bonds is 6. The molecule has 0 aliphatic carbocycles. The summed E-state index contributed by atoms with van der Waals surface area (Å²) in [5.74, 6) is 6.43. The number of benzene rings is 2. The fraction of sp³-hybridized carbons (Fsp3) is 0.200. The van der Waals surface area contributed by atoms with Crippen molar-refractivity contribution in [2.45, 2.75) is 19.3 Å². The molecule has 0 spiro atoms. The molecule has 2 rings (SSSR count). The minimum absolute atomic E-state index is 0.0691. The van der Waals surface area contributed by atoms with E-state index in [-0.39, 0.29) is 24.4 Å². The standard InChI is InChI=1S/C20H18O3/c1-23-20-14-8-6-12-17(20)11-5-7-13-18(21)15-19(22)16-9-3-2-4-10-16/h2-4,6,8-10,12,14H,7,13,15H2,1H3. The summed E-state index contributed by atoms with van der Waals surface area (Å²) in [6.07, 6.45) is 0.639. The van der Waals surface area contributed by atoms with E-state index >= 15 is 0 Å². The van der Waals surface area contributed by atoms with Gasteiger partial charge in [-0.2, -0.15) is 0 Å². The lowest BCUT2D eigenvalue weighted by Crippen LogP contribution is -2.07. The molecule has 0 amide bonds. The van der Waals surface area contributed by atoms with E-state index in [0.717, 1.165) is 5.56 Å². The van der Waals surface area contributed by atoms with Crippen LogP contribution in [0.15, 0.2) is 54.6 Å². The molecule has 116 valence electrons. The lowest BCUT2D eigenvalue weighted by molar-refractivity contribution is -0.118. The van der Waals surface area contributed by atoms with Gasteiger partial charge in [0.15, 0.2) is 5.78 Å². The Morgan fingerprint density at radius 2 is 1.70 bits per heavy atom. The number of ketones is 2. The number of hydrogen-bond donors (Lipinski definition) is 0. The summed E-state index contributed by atoms with van der Waals surface area (Å²) in [4.78, 5) is 23.8. The van der Waals surface area contributed by atoms with Crippen LogP contribution in [0.5, 0.6) is 5.75 Å². The first kappa shape index (κ1) is 16.5. The minimum atomic E-state index is -0.145. The molecule has 2 aromatic carbocycles. The molecule has 0 N–H and O–H groups in total. The number of hydrogen-bond acceptors (Lipinski definition) is 3. The van der Waals surface area contributed by atoms with Gasteiger partial charge in [-0.1, -0.05) is 54.3 Å². The first-order valence-corrected chi connectivity index (χ1v) is 7.42. The quantitative estimate of drug-likeness (QED) is 0.464. The van der Waals surface area contributed by atoms with E-state index in [2.05, 4.69) is 11.8 Å². The Bertz CT molecular complexity index is 736. The third-order valence-corrected chi connectivity index (χ3v) is 3.31. The van der Waals surface area contributed by atoms with Crippen LogP contribution in [0.3, 0.4) is 0 Å². The number of methoxy groups -OCH3 is 1. The van der Waals surface area contributed by atoms with Crippen LogP contribution >= 0.6 is 0 Å². The van der Waals surface area contributed by atoms with Crippen LogP contribution in [-0.2, 0) is 4.79 Å². The smallest absolute Gasteiger partial charge is 0.170 e. The molecule has 0 aliphatic heterocycles. The Balaban J connectivity index is 1.84. The normalized spacial score (nSPS) is 9.61. The van der Waals surface area contributed by atoms with Gasteiger partial charge in [0.1, 0.15) is 11.5 Å². The Kier molecular flexibility index (Phi) is 6.14. The summed E-state index contributed by atoms with van der Waals surface area (Å²) in [6.45, 7) is 0. The van der Waals surface area contributed by atoms with Crippen LogP contribution in [0.25, 0.3) is 0 Å². The molecule has 0 unspecified atom stereocenters. The topological polar surface area (TPSA) is 43.4 Å². The first-order valence-electron chi connectivity index (χ1n) is 7.42. The molecule has 0 atom stereocenters. The Morgan fingerprint density at radius 1 is 1.00 bits per heavy atom. The van der Waals surface area contributed by atoms with Crippen LogP contribution in [0.1, 0.15) is 35.2 Å². The fourth-order valence-electron chi connectivity index (χ4n) is 2.10. The average Bonchev–Trinajstić information content (AvgIpc) is 2.59. The second-order valence-corrected chi connectivity index (χ2v) is 5.01. The molecule has 23 heavy (non-hydrogen) atoms. The van der Waals surface area contributed by atoms with Gasteiger partial charge in [0.25, 0.3) is 0 Å². The predicted molar refractivity (Wildman–Crippen MR) is 89.5 cm³/mol. The van der Waals surface area contributed by atoms with Crippen molar-refractivity contribution < 1.29 is 14.3 Å². The van der Waals surface area contributed by atoms with E-state index in [9.17, 15) is 9.59 Å². The maximum absolute atomic E-state index is 11.9. The summed E-state index contributed by atoms with van der Waals surface area (Å²) in [5, 5.41) is 0.